The number of hydrogen-bond acceptors (Lipinski definition) is 6. The summed E-state index contributed by atoms with van der Waals surface area (Å²) >= 11 is 2.81. The van der Waals surface area contributed by atoms with Crippen LogP contribution in [0.3, 0.4) is 0 Å². The van der Waals surface area contributed by atoms with Crippen molar-refractivity contribution in [2.24, 2.45) is 0 Å². The lowest BCUT2D eigenvalue weighted by Gasteiger charge is -2.44. The Labute approximate surface area is 253 Å². The Morgan fingerprint density at radius 1 is 1.09 bits per heavy atom. The number of thiophene rings is 1. The van der Waals surface area contributed by atoms with Gasteiger partial charge >= 0.3 is 11.9 Å². The van der Waals surface area contributed by atoms with Crippen LogP contribution in [-0.2, 0) is 17.5 Å². The number of piperazine rings is 1. The third kappa shape index (κ3) is 5.24. The van der Waals surface area contributed by atoms with Gasteiger partial charge in [-0.1, -0.05) is 24.8 Å². The Hall–Kier alpha value is -3.64. The number of hydrogen-bond donors (Lipinski definition) is 0. The van der Waals surface area contributed by atoms with Gasteiger partial charge in [-0.2, -0.15) is 18.2 Å². The van der Waals surface area contributed by atoms with E-state index in [9.17, 15) is 27.2 Å². The third-order valence-electron chi connectivity index (χ3n) is 8.06. The van der Waals surface area contributed by atoms with Gasteiger partial charge in [0.25, 0.3) is 0 Å². The second-order valence-corrected chi connectivity index (χ2v) is 12.9. The van der Waals surface area contributed by atoms with Crippen molar-refractivity contribution in [1.29, 1.82) is 0 Å². The number of carbonyl (C=O) groups is 1. The minimum atomic E-state index is -4.75. The van der Waals surface area contributed by atoms with Gasteiger partial charge in [-0.25, -0.2) is 9.18 Å². The fourth-order valence-corrected chi connectivity index (χ4v) is 8.57. The van der Waals surface area contributed by atoms with Crippen molar-refractivity contribution < 1.29 is 22.4 Å². The highest BCUT2D eigenvalue weighted by molar-refractivity contribution is 7.99. The summed E-state index contributed by atoms with van der Waals surface area (Å²) in [5, 5.41) is 2.15. The molecule has 0 saturated carbocycles. The highest BCUT2D eigenvalue weighted by Crippen LogP contribution is 2.49. The molecule has 2 aromatic heterocycles. The van der Waals surface area contributed by atoms with E-state index >= 15 is 0 Å². The smallest absolute Gasteiger partial charge is 0.352 e. The summed E-state index contributed by atoms with van der Waals surface area (Å²) < 4.78 is 60.1. The minimum absolute atomic E-state index is 0.0785. The second-order valence-electron chi connectivity index (χ2n) is 10.9. The molecule has 12 heteroatoms. The molecule has 4 aromatic rings. The molecule has 0 bridgehead atoms. The molecule has 224 valence electrons. The average molecular weight is 629 g/mol. The van der Waals surface area contributed by atoms with Crippen molar-refractivity contribution in [3.63, 3.8) is 0 Å². The number of nitrogens with zero attached hydrogens (tertiary/aromatic N) is 4. The summed E-state index contributed by atoms with van der Waals surface area (Å²) in [5.41, 5.74) is -0.911. The zero-order valence-corrected chi connectivity index (χ0v) is 25.0. The normalized spacial score (nSPS) is 20.7. The first-order valence-electron chi connectivity index (χ1n) is 13.8. The molecule has 0 aliphatic carbocycles. The number of rotatable bonds is 4. The number of alkyl halides is 3. The maximum absolute atomic E-state index is 14.9. The lowest BCUT2D eigenvalue weighted by atomic mass is 9.96. The Morgan fingerprint density at radius 3 is 2.40 bits per heavy atom. The van der Waals surface area contributed by atoms with Crippen molar-refractivity contribution in [2.75, 3.05) is 23.7 Å². The molecule has 6 nitrogen and oxygen atoms in total. The number of thioether (sulfide) groups is 1. The van der Waals surface area contributed by atoms with Crippen LogP contribution in [0.2, 0.25) is 0 Å². The molecule has 3 atom stereocenters. The minimum Gasteiger partial charge on any atom is -0.352 e. The summed E-state index contributed by atoms with van der Waals surface area (Å²) in [6.07, 6.45) is -3.50. The second kappa shape index (κ2) is 11.1. The van der Waals surface area contributed by atoms with Gasteiger partial charge in [-0.3, -0.25) is 9.36 Å². The summed E-state index contributed by atoms with van der Waals surface area (Å²) in [4.78, 5) is 35.6. The van der Waals surface area contributed by atoms with Crippen molar-refractivity contribution in [1.82, 2.24) is 14.5 Å². The first kappa shape index (κ1) is 29.4. The van der Waals surface area contributed by atoms with E-state index in [0.29, 0.717) is 16.2 Å². The van der Waals surface area contributed by atoms with Gasteiger partial charge in [-0.15, -0.1) is 23.1 Å². The highest BCUT2D eigenvalue weighted by Gasteiger charge is 2.40. The number of halogens is 4. The van der Waals surface area contributed by atoms with Crippen molar-refractivity contribution in [3.05, 3.63) is 87.2 Å². The molecule has 1 amide bonds. The summed E-state index contributed by atoms with van der Waals surface area (Å²) in [6.45, 7) is 8.09. The number of benzene rings is 2. The molecule has 1 saturated heterocycles. The quantitative estimate of drug-likeness (QED) is 0.184. The number of amides is 1. The molecular formula is C31H28F4N4O2S2. The monoisotopic (exact) mass is 628 g/mol. The average Bonchev–Trinajstić information content (AvgIpc) is 3.42. The molecule has 2 aromatic carbocycles. The SMILES string of the molecule is C=CC(=O)N1[C@H](C)CN(c2nc(=O)n3c4c(c(-c5ccc(F)cc5)c(C(F)(F)F)cc24)SC[C@@H](c2cccs2)C3)C[C@@H]1C. The predicted octanol–water partition coefficient (Wildman–Crippen LogP) is 6.78. The summed E-state index contributed by atoms with van der Waals surface area (Å²) in [7, 11) is 0. The molecule has 6 rings (SSSR count). The molecule has 2 aliphatic rings. The molecule has 0 radical (unpaired) electrons. The van der Waals surface area contributed by atoms with E-state index < -0.39 is 23.2 Å². The predicted molar refractivity (Wildman–Crippen MR) is 162 cm³/mol. The van der Waals surface area contributed by atoms with Crippen LogP contribution in [0.5, 0.6) is 0 Å². The van der Waals surface area contributed by atoms with Crippen molar-refractivity contribution in [3.8, 4) is 11.1 Å². The Bertz CT molecular complexity index is 1760. The maximum Gasteiger partial charge on any atom is 0.417 e. The van der Waals surface area contributed by atoms with E-state index in [4.69, 9.17) is 0 Å². The van der Waals surface area contributed by atoms with Crippen LogP contribution in [0.15, 0.2) is 70.2 Å². The largest absolute Gasteiger partial charge is 0.417 e. The molecule has 1 fully saturated rings. The van der Waals surface area contributed by atoms with Gasteiger partial charge < -0.3 is 9.80 Å². The van der Waals surface area contributed by atoms with Gasteiger partial charge in [0.2, 0.25) is 5.91 Å². The summed E-state index contributed by atoms with van der Waals surface area (Å²) in [6, 6.07) is 9.31. The Kier molecular flexibility index (Phi) is 7.62. The van der Waals surface area contributed by atoms with E-state index in [-0.39, 0.29) is 65.9 Å². The van der Waals surface area contributed by atoms with Gasteiger partial charge in [-0.05, 0) is 55.1 Å². The first-order valence-corrected chi connectivity index (χ1v) is 15.6. The van der Waals surface area contributed by atoms with Crippen LogP contribution in [0.25, 0.3) is 22.0 Å². The Morgan fingerprint density at radius 2 is 1.79 bits per heavy atom. The van der Waals surface area contributed by atoms with Crippen LogP contribution in [0.4, 0.5) is 23.4 Å². The lowest BCUT2D eigenvalue weighted by Crippen LogP contribution is -2.58. The van der Waals surface area contributed by atoms with E-state index in [1.165, 1.54) is 45.9 Å². The molecule has 0 unspecified atom stereocenters. The molecule has 0 N–H and O–H groups in total. The van der Waals surface area contributed by atoms with E-state index in [1.54, 1.807) is 9.80 Å². The standard InChI is InChI=1S/C31H28F4N4O2S2/c1-4-25(40)39-17(2)13-37(14-18(39)3)29-22-12-23(31(33,34)35)26(19-7-9-21(32)10-8-19)28-27(22)38(30(41)36-29)15-20(16-43-28)24-6-5-11-42-24/h4-12,17-18,20H,1,13-16H2,2-3H3/t17-,18+,20-/m0/s1. The van der Waals surface area contributed by atoms with E-state index in [1.807, 2.05) is 31.4 Å². The van der Waals surface area contributed by atoms with E-state index in [2.05, 4.69) is 11.6 Å². The van der Waals surface area contributed by atoms with E-state index in [0.717, 1.165) is 23.1 Å². The number of aromatic nitrogens is 2. The molecule has 0 spiro atoms. The van der Waals surface area contributed by atoms with Crippen molar-refractivity contribution in [2.45, 2.75) is 49.5 Å². The van der Waals surface area contributed by atoms with Crippen LogP contribution in [0.1, 0.15) is 30.2 Å². The van der Waals surface area contributed by atoms with Gasteiger partial charge in [0.15, 0.2) is 0 Å². The summed E-state index contributed by atoms with van der Waals surface area (Å²) in [5.74, 6) is -0.323. The molecule has 43 heavy (non-hydrogen) atoms. The zero-order valence-electron chi connectivity index (χ0n) is 23.4. The van der Waals surface area contributed by atoms with Crippen molar-refractivity contribution >= 4 is 45.7 Å². The maximum atomic E-state index is 14.9. The number of anilines is 1. The fourth-order valence-electron chi connectivity index (χ4n) is 6.26. The molecule has 4 heterocycles. The topological polar surface area (TPSA) is 58.4 Å². The van der Waals surface area contributed by atoms with Gasteiger partial charge in [0.1, 0.15) is 11.6 Å². The van der Waals surface area contributed by atoms with Crippen LogP contribution < -0.4 is 10.6 Å². The zero-order chi connectivity index (χ0) is 30.6. The van der Waals surface area contributed by atoms with Crippen LogP contribution in [0, 0.1) is 5.82 Å². The van der Waals surface area contributed by atoms with Gasteiger partial charge in [0, 0.05) is 64.1 Å². The lowest BCUT2D eigenvalue weighted by molar-refractivity contribution is -0.137. The van der Waals surface area contributed by atoms with Crippen LogP contribution in [-0.4, -0.2) is 51.3 Å². The fraction of sp³-hybridized carbons (Fsp3) is 0.323. The highest BCUT2D eigenvalue weighted by atomic mass is 32.2. The first-order chi connectivity index (χ1) is 20.5. The molecular weight excluding hydrogens is 600 g/mol. The third-order valence-corrected chi connectivity index (χ3v) is 10.4. The Balaban J connectivity index is 1.63. The molecule has 2 aliphatic heterocycles. The van der Waals surface area contributed by atoms with Crippen LogP contribution >= 0.6 is 23.1 Å². The number of carbonyl (C=O) groups excluding carboxylic acids is 1. The van der Waals surface area contributed by atoms with Gasteiger partial charge in [0.05, 0.1) is 11.1 Å².